The minimum Gasteiger partial charge on any atom is -0.366 e. The molecule has 1 aromatic heterocycles. The molecule has 7 nitrogen and oxygen atoms in total. The summed E-state index contributed by atoms with van der Waals surface area (Å²) >= 11 is 0. The number of carbonyl (C=O) groups excluding carboxylic acids is 1. The summed E-state index contributed by atoms with van der Waals surface area (Å²) in [6.45, 7) is 4.34. The van der Waals surface area contributed by atoms with Crippen LogP contribution in [-0.4, -0.2) is 70.2 Å². The van der Waals surface area contributed by atoms with Crippen molar-refractivity contribution in [2.75, 3.05) is 33.3 Å². The molecular weight excluding hydrogens is 282 g/mol. The number of aromatic amines is 1. The third-order valence-corrected chi connectivity index (χ3v) is 4.30. The van der Waals surface area contributed by atoms with Crippen LogP contribution < -0.4 is 0 Å². The largest absolute Gasteiger partial charge is 0.366 e. The average molecular weight is 307 g/mol. The Morgan fingerprint density at radius 1 is 1.50 bits per heavy atom. The van der Waals surface area contributed by atoms with Crippen molar-refractivity contribution in [2.24, 2.45) is 0 Å². The number of aryl methyl sites for hydroxylation is 1. The zero-order chi connectivity index (χ0) is 15.5. The summed E-state index contributed by atoms with van der Waals surface area (Å²) in [7, 11) is 2.03. The molecule has 1 saturated carbocycles. The Kier molecular flexibility index (Phi) is 4.73. The number of hydrogen-bond acceptors (Lipinski definition) is 5. The number of morpholine rings is 1. The van der Waals surface area contributed by atoms with Gasteiger partial charge in [0.25, 0.3) is 0 Å². The van der Waals surface area contributed by atoms with Gasteiger partial charge in [0.1, 0.15) is 11.9 Å². The summed E-state index contributed by atoms with van der Waals surface area (Å²) in [6.07, 6.45) is 4.12. The molecule has 0 bridgehead atoms. The first-order valence-electron chi connectivity index (χ1n) is 8.18. The van der Waals surface area contributed by atoms with Gasteiger partial charge in [0.15, 0.2) is 5.82 Å². The highest BCUT2D eigenvalue weighted by molar-refractivity contribution is 5.78. The lowest BCUT2D eigenvalue weighted by Gasteiger charge is -2.32. The van der Waals surface area contributed by atoms with Crippen molar-refractivity contribution in [1.82, 2.24) is 25.0 Å². The highest BCUT2D eigenvalue weighted by Gasteiger charge is 2.31. The molecule has 1 unspecified atom stereocenters. The summed E-state index contributed by atoms with van der Waals surface area (Å²) in [6, 6.07) is 0.602. The van der Waals surface area contributed by atoms with Crippen LogP contribution in [-0.2, 0) is 16.0 Å². The lowest BCUT2D eigenvalue weighted by atomic mass is 10.2. The molecule has 0 radical (unpaired) electrons. The van der Waals surface area contributed by atoms with Crippen molar-refractivity contribution in [2.45, 2.75) is 44.8 Å². The number of likely N-dealkylation sites (N-methyl/N-ethyl adjacent to an activating group) is 1. The van der Waals surface area contributed by atoms with Gasteiger partial charge in [-0.05, 0) is 26.3 Å². The Hall–Kier alpha value is -1.47. The fraction of sp³-hybridized carbons (Fsp3) is 0.800. The van der Waals surface area contributed by atoms with E-state index in [1.54, 1.807) is 0 Å². The number of ether oxygens (including phenoxy) is 1. The number of rotatable bonds is 6. The first-order chi connectivity index (χ1) is 10.7. The fourth-order valence-electron chi connectivity index (χ4n) is 2.79. The molecule has 1 atom stereocenters. The predicted octanol–water partition coefficient (Wildman–Crippen LogP) is 0.751. The van der Waals surface area contributed by atoms with Crippen LogP contribution in [0, 0.1) is 0 Å². The van der Waals surface area contributed by atoms with E-state index in [0.717, 1.165) is 18.7 Å². The molecule has 1 N–H and O–H groups in total. The highest BCUT2D eigenvalue weighted by Crippen LogP contribution is 2.25. The molecule has 2 fully saturated rings. The van der Waals surface area contributed by atoms with Crippen molar-refractivity contribution < 1.29 is 9.53 Å². The second kappa shape index (κ2) is 6.75. The molecule has 1 aromatic rings. The van der Waals surface area contributed by atoms with Gasteiger partial charge in [0.05, 0.1) is 19.7 Å². The van der Waals surface area contributed by atoms with Crippen LogP contribution in [0.5, 0.6) is 0 Å². The summed E-state index contributed by atoms with van der Waals surface area (Å²) in [5.41, 5.74) is 0. The molecular formula is C15H25N5O2. The SMILES string of the molecule is CCCc1nc(C2CN(C(=O)CN(C)C3CC3)CCO2)n[nH]1. The van der Waals surface area contributed by atoms with Crippen molar-refractivity contribution in [3.05, 3.63) is 11.6 Å². The van der Waals surface area contributed by atoms with Gasteiger partial charge < -0.3 is 9.64 Å². The van der Waals surface area contributed by atoms with E-state index in [4.69, 9.17) is 4.74 Å². The van der Waals surface area contributed by atoms with Gasteiger partial charge in [0, 0.05) is 19.0 Å². The van der Waals surface area contributed by atoms with Gasteiger partial charge >= 0.3 is 0 Å². The van der Waals surface area contributed by atoms with Gasteiger partial charge in [-0.3, -0.25) is 14.8 Å². The molecule has 122 valence electrons. The third-order valence-electron chi connectivity index (χ3n) is 4.30. The lowest BCUT2D eigenvalue weighted by Crippen LogP contribution is -2.46. The second-order valence-corrected chi connectivity index (χ2v) is 6.24. The quantitative estimate of drug-likeness (QED) is 0.839. The third kappa shape index (κ3) is 3.64. The number of hydrogen-bond donors (Lipinski definition) is 1. The van der Waals surface area contributed by atoms with Gasteiger partial charge in [-0.1, -0.05) is 6.92 Å². The Morgan fingerprint density at radius 2 is 2.32 bits per heavy atom. The molecule has 0 aromatic carbocycles. The first kappa shape index (κ1) is 15.4. The minimum absolute atomic E-state index is 0.173. The number of amides is 1. The van der Waals surface area contributed by atoms with Crippen LogP contribution in [0.2, 0.25) is 0 Å². The zero-order valence-electron chi connectivity index (χ0n) is 13.4. The Morgan fingerprint density at radius 3 is 3.05 bits per heavy atom. The standard InChI is InChI=1S/C15H25N5O2/c1-3-4-13-16-15(18-17-13)12-9-20(7-8-22-12)14(21)10-19(2)11-5-6-11/h11-12H,3-10H2,1-2H3,(H,16,17,18). The van der Waals surface area contributed by atoms with Crippen LogP contribution >= 0.6 is 0 Å². The smallest absolute Gasteiger partial charge is 0.236 e. The van der Waals surface area contributed by atoms with Crippen LogP contribution in [0.15, 0.2) is 0 Å². The topological polar surface area (TPSA) is 74.3 Å². The number of carbonyl (C=O) groups is 1. The number of H-pyrrole nitrogens is 1. The summed E-state index contributed by atoms with van der Waals surface area (Å²) in [5.74, 6) is 1.72. The van der Waals surface area contributed by atoms with Crippen LogP contribution in [0.25, 0.3) is 0 Å². The fourth-order valence-corrected chi connectivity index (χ4v) is 2.79. The molecule has 1 amide bonds. The van der Waals surface area contributed by atoms with E-state index in [9.17, 15) is 4.79 Å². The predicted molar refractivity (Wildman–Crippen MR) is 81.3 cm³/mol. The van der Waals surface area contributed by atoms with Gasteiger partial charge in [-0.25, -0.2) is 4.98 Å². The molecule has 1 aliphatic carbocycles. The maximum absolute atomic E-state index is 12.4. The Labute approximate surface area is 131 Å². The van der Waals surface area contributed by atoms with Crippen molar-refractivity contribution in [3.8, 4) is 0 Å². The van der Waals surface area contributed by atoms with Gasteiger partial charge in [-0.15, -0.1) is 0 Å². The monoisotopic (exact) mass is 307 g/mol. The summed E-state index contributed by atoms with van der Waals surface area (Å²) in [5, 5.41) is 7.19. The Bertz CT molecular complexity index is 514. The van der Waals surface area contributed by atoms with E-state index in [0.29, 0.717) is 38.1 Å². The maximum Gasteiger partial charge on any atom is 0.236 e. The summed E-state index contributed by atoms with van der Waals surface area (Å²) < 4.78 is 5.75. The molecule has 7 heteroatoms. The number of nitrogens with zero attached hydrogens (tertiary/aromatic N) is 4. The van der Waals surface area contributed by atoms with Crippen LogP contribution in [0.4, 0.5) is 0 Å². The highest BCUT2D eigenvalue weighted by atomic mass is 16.5. The normalized spacial score (nSPS) is 22.3. The van der Waals surface area contributed by atoms with E-state index in [1.807, 2.05) is 11.9 Å². The molecule has 22 heavy (non-hydrogen) atoms. The zero-order valence-corrected chi connectivity index (χ0v) is 13.4. The first-order valence-corrected chi connectivity index (χ1v) is 8.18. The van der Waals surface area contributed by atoms with E-state index >= 15 is 0 Å². The van der Waals surface area contributed by atoms with E-state index in [2.05, 4.69) is 27.0 Å². The second-order valence-electron chi connectivity index (χ2n) is 6.24. The van der Waals surface area contributed by atoms with E-state index in [1.165, 1.54) is 12.8 Å². The lowest BCUT2D eigenvalue weighted by molar-refractivity contribution is -0.140. The Balaban J connectivity index is 1.56. The van der Waals surface area contributed by atoms with E-state index < -0.39 is 0 Å². The van der Waals surface area contributed by atoms with Gasteiger partial charge in [0.2, 0.25) is 5.91 Å². The maximum atomic E-state index is 12.4. The van der Waals surface area contributed by atoms with E-state index in [-0.39, 0.29) is 12.0 Å². The molecule has 2 aliphatic rings. The number of nitrogens with one attached hydrogen (secondary N) is 1. The van der Waals surface area contributed by atoms with Crippen LogP contribution in [0.1, 0.15) is 43.9 Å². The van der Waals surface area contributed by atoms with Crippen molar-refractivity contribution >= 4 is 5.91 Å². The number of aromatic nitrogens is 3. The molecule has 1 aliphatic heterocycles. The average Bonchev–Trinajstić information content (AvgIpc) is 3.28. The molecule has 2 heterocycles. The van der Waals surface area contributed by atoms with Crippen LogP contribution in [0.3, 0.4) is 0 Å². The molecule has 3 rings (SSSR count). The molecule has 1 saturated heterocycles. The van der Waals surface area contributed by atoms with Crippen molar-refractivity contribution in [1.29, 1.82) is 0 Å². The minimum atomic E-state index is -0.217. The van der Waals surface area contributed by atoms with Gasteiger partial charge in [-0.2, -0.15) is 5.10 Å². The van der Waals surface area contributed by atoms with Crippen molar-refractivity contribution in [3.63, 3.8) is 0 Å². The molecule has 0 spiro atoms. The summed E-state index contributed by atoms with van der Waals surface area (Å²) in [4.78, 5) is 20.9.